The highest BCUT2D eigenvalue weighted by molar-refractivity contribution is 7.89. The number of ether oxygens (including phenoxy) is 1. The van der Waals surface area contributed by atoms with Crippen molar-refractivity contribution in [1.82, 2.24) is 9.62 Å². The molecule has 0 aromatic heterocycles. The van der Waals surface area contributed by atoms with Gasteiger partial charge in [0.05, 0.1) is 25.5 Å². The van der Waals surface area contributed by atoms with Crippen molar-refractivity contribution in [3.8, 4) is 5.75 Å². The van der Waals surface area contributed by atoms with Crippen molar-refractivity contribution in [2.45, 2.75) is 68.8 Å². The van der Waals surface area contributed by atoms with E-state index in [9.17, 15) is 18.0 Å². The first-order valence-electron chi connectivity index (χ1n) is 10.4. The third kappa shape index (κ3) is 3.92. The highest BCUT2D eigenvalue weighted by Crippen LogP contribution is 2.39. The molecule has 3 fully saturated rings. The number of fused-ring (bicyclic) bond motifs is 1. The Morgan fingerprint density at radius 2 is 1.59 bits per heavy atom. The number of imide groups is 1. The minimum absolute atomic E-state index is 0.0564. The van der Waals surface area contributed by atoms with Crippen molar-refractivity contribution in [3.05, 3.63) is 23.8 Å². The highest BCUT2D eigenvalue weighted by Gasteiger charge is 2.47. The van der Waals surface area contributed by atoms with Crippen LogP contribution in [0.5, 0.6) is 5.75 Å². The highest BCUT2D eigenvalue weighted by atomic mass is 32.2. The Kier molecular flexibility index (Phi) is 5.66. The SMILES string of the molecule is COc1ccc(CN2C(=O)[C@@H]3CCCC[C@H]3C2=O)cc1S(=O)(=O)NC1CCCC1. The third-order valence-electron chi connectivity index (χ3n) is 6.47. The second-order valence-corrected chi connectivity index (χ2v) is 10.0. The fraction of sp³-hybridized carbons (Fsp3) is 0.619. The maximum Gasteiger partial charge on any atom is 0.244 e. The average molecular weight is 421 g/mol. The van der Waals surface area contributed by atoms with Crippen LogP contribution in [0.2, 0.25) is 0 Å². The molecular formula is C21H28N2O5S. The molecule has 29 heavy (non-hydrogen) atoms. The lowest BCUT2D eigenvalue weighted by Crippen LogP contribution is -2.33. The summed E-state index contributed by atoms with van der Waals surface area (Å²) in [7, 11) is -2.32. The minimum Gasteiger partial charge on any atom is -0.495 e. The van der Waals surface area contributed by atoms with Gasteiger partial charge < -0.3 is 4.74 Å². The van der Waals surface area contributed by atoms with Crippen molar-refractivity contribution >= 4 is 21.8 Å². The van der Waals surface area contributed by atoms with Crippen LogP contribution in [0.15, 0.2) is 23.1 Å². The quantitative estimate of drug-likeness (QED) is 0.714. The summed E-state index contributed by atoms with van der Waals surface area (Å²) in [6, 6.07) is 4.78. The van der Waals surface area contributed by atoms with Crippen LogP contribution in [0.1, 0.15) is 56.9 Å². The number of nitrogens with zero attached hydrogens (tertiary/aromatic N) is 1. The van der Waals surface area contributed by atoms with Crippen LogP contribution in [0, 0.1) is 11.8 Å². The summed E-state index contributed by atoms with van der Waals surface area (Å²) in [5.41, 5.74) is 0.609. The molecule has 1 N–H and O–H groups in total. The number of amides is 2. The molecule has 0 radical (unpaired) electrons. The molecule has 1 heterocycles. The van der Waals surface area contributed by atoms with Gasteiger partial charge in [0, 0.05) is 6.04 Å². The molecule has 4 rings (SSSR count). The molecule has 0 spiro atoms. The summed E-state index contributed by atoms with van der Waals surface area (Å²) < 4.78 is 33.9. The van der Waals surface area contributed by atoms with E-state index in [0.717, 1.165) is 51.4 Å². The predicted molar refractivity (Wildman–Crippen MR) is 107 cm³/mol. The number of likely N-dealkylation sites (tertiary alicyclic amines) is 1. The summed E-state index contributed by atoms with van der Waals surface area (Å²) in [4.78, 5) is 26.8. The lowest BCUT2D eigenvalue weighted by molar-refractivity contribution is -0.140. The minimum atomic E-state index is -3.75. The first-order valence-corrected chi connectivity index (χ1v) is 11.9. The molecule has 3 aliphatic rings. The van der Waals surface area contributed by atoms with Crippen molar-refractivity contribution in [2.24, 2.45) is 11.8 Å². The number of sulfonamides is 1. The van der Waals surface area contributed by atoms with Crippen LogP contribution in [0.3, 0.4) is 0 Å². The van der Waals surface area contributed by atoms with Crippen LogP contribution in [0.4, 0.5) is 0 Å². The molecule has 2 amide bonds. The van der Waals surface area contributed by atoms with Crippen LogP contribution in [-0.2, 0) is 26.2 Å². The van der Waals surface area contributed by atoms with E-state index in [1.165, 1.54) is 18.1 Å². The van der Waals surface area contributed by atoms with E-state index < -0.39 is 10.0 Å². The molecule has 2 atom stereocenters. The monoisotopic (exact) mass is 420 g/mol. The van der Waals surface area contributed by atoms with Gasteiger partial charge in [0.25, 0.3) is 0 Å². The van der Waals surface area contributed by atoms with E-state index in [1.807, 2.05) is 0 Å². The molecule has 2 saturated carbocycles. The van der Waals surface area contributed by atoms with Gasteiger partial charge in [0.15, 0.2) is 0 Å². The maximum atomic E-state index is 13.0. The van der Waals surface area contributed by atoms with E-state index in [1.54, 1.807) is 12.1 Å². The van der Waals surface area contributed by atoms with E-state index in [0.29, 0.717) is 5.56 Å². The molecule has 1 saturated heterocycles. The van der Waals surface area contributed by atoms with E-state index in [4.69, 9.17) is 4.74 Å². The molecule has 0 unspecified atom stereocenters. The standard InChI is InChI=1S/C21H28N2O5S/c1-28-18-11-10-14(12-19(18)29(26,27)22-15-6-2-3-7-15)13-23-20(24)16-8-4-5-9-17(16)21(23)25/h10-12,15-17,22H,2-9,13H2,1H3/t16-,17-/m1/s1. The topological polar surface area (TPSA) is 92.8 Å². The number of benzene rings is 1. The van der Waals surface area contributed by atoms with Gasteiger partial charge in [-0.05, 0) is 43.4 Å². The van der Waals surface area contributed by atoms with Gasteiger partial charge >= 0.3 is 0 Å². The Hall–Kier alpha value is -1.93. The number of nitrogens with one attached hydrogen (secondary N) is 1. The van der Waals surface area contributed by atoms with Crippen LogP contribution in [0.25, 0.3) is 0 Å². The molecule has 1 aromatic carbocycles. The van der Waals surface area contributed by atoms with E-state index in [-0.39, 0.29) is 46.9 Å². The molecule has 8 heteroatoms. The van der Waals surface area contributed by atoms with E-state index in [2.05, 4.69) is 4.72 Å². The summed E-state index contributed by atoms with van der Waals surface area (Å²) in [5.74, 6) is -0.400. The van der Waals surface area contributed by atoms with Crippen molar-refractivity contribution < 1.29 is 22.7 Å². The van der Waals surface area contributed by atoms with Crippen molar-refractivity contribution in [3.63, 3.8) is 0 Å². The van der Waals surface area contributed by atoms with Gasteiger partial charge in [0.1, 0.15) is 10.6 Å². The Morgan fingerprint density at radius 3 is 2.17 bits per heavy atom. The number of hydrogen-bond donors (Lipinski definition) is 1. The molecule has 7 nitrogen and oxygen atoms in total. The predicted octanol–water partition coefficient (Wildman–Crippen LogP) is 2.59. The number of hydrogen-bond acceptors (Lipinski definition) is 5. The van der Waals surface area contributed by atoms with E-state index >= 15 is 0 Å². The summed E-state index contributed by atoms with van der Waals surface area (Å²) >= 11 is 0. The first-order chi connectivity index (χ1) is 13.9. The largest absolute Gasteiger partial charge is 0.495 e. The van der Waals surface area contributed by atoms with Crippen molar-refractivity contribution in [1.29, 1.82) is 0 Å². The van der Waals surface area contributed by atoms with Gasteiger partial charge in [-0.25, -0.2) is 13.1 Å². The fourth-order valence-corrected chi connectivity index (χ4v) is 6.45. The Morgan fingerprint density at radius 1 is 1.00 bits per heavy atom. The zero-order valence-electron chi connectivity index (χ0n) is 16.7. The first kappa shape index (κ1) is 20.3. The van der Waals surface area contributed by atoms with Gasteiger partial charge in [0.2, 0.25) is 21.8 Å². The Labute approximate surface area is 171 Å². The lowest BCUT2D eigenvalue weighted by atomic mass is 9.81. The van der Waals surface area contributed by atoms with Crippen LogP contribution < -0.4 is 9.46 Å². The second-order valence-electron chi connectivity index (χ2n) is 8.35. The average Bonchev–Trinajstić information content (AvgIpc) is 3.30. The smallest absolute Gasteiger partial charge is 0.244 e. The fourth-order valence-electron chi connectivity index (χ4n) is 4.93. The molecule has 2 aliphatic carbocycles. The normalized spacial score (nSPS) is 25.5. The van der Waals surface area contributed by atoms with Gasteiger partial charge in [-0.15, -0.1) is 0 Å². The molecule has 158 valence electrons. The summed E-state index contributed by atoms with van der Waals surface area (Å²) in [6.07, 6.45) is 7.19. The molecule has 1 aliphatic heterocycles. The number of carbonyl (C=O) groups is 2. The van der Waals surface area contributed by atoms with Crippen LogP contribution >= 0.6 is 0 Å². The number of carbonyl (C=O) groups excluding carboxylic acids is 2. The van der Waals surface area contributed by atoms with Gasteiger partial charge in [-0.2, -0.15) is 0 Å². The lowest BCUT2D eigenvalue weighted by Gasteiger charge is -2.19. The second kappa shape index (κ2) is 8.07. The van der Waals surface area contributed by atoms with Gasteiger partial charge in [-0.3, -0.25) is 14.5 Å². The maximum absolute atomic E-state index is 13.0. The third-order valence-corrected chi connectivity index (χ3v) is 8.01. The Bertz CT molecular complexity index is 884. The molecule has 0 bridgehead atoms. The molecule has 1 aromatic rings. The summed E-state index contributed by atoms with van der Waals surface area (Å²) in [5, 5.41) is 0. The number of rotatable bonds is 6. The summed E-state index contributed by atoms with van der Waals surface area (Å²) in [6.45, 7) is 0.0978. The van der Waals surface area contributed by atoms with Crippen molar-refractivity contribution in [2.75, 3.05) is 7.11 Å². The van der Waals surface area contributed by atoms with Crippen LogP contribution in [-0.4, -0.2) is 38.3 Å². The zero-order valence-corrected chi connectivity index (χ0v) is 17.5. The number of methoxy groups -OCH3 is 1. The molecular weight excluding hydrogens is 392 g/mol. The Balaban J connectivity index is 1.58. The van der Waals surface area contributed by atoms with Gasteiger partial charge in [-0.1, -0.05) is 31.7 Å². The zero-order chi connectivity index (χ0) is 20.6.